The van der Waals surface area contributed by atoms with Crippen molar-refractivity contribution in [2.45, 2.75) is 0 Å². The van der Waals surface area contributed by atoms with Gasteiger partial charge >= 0.3 is 0 Å². The molecule has 0 fully saturated rings. The molecule has 0 saturated heterocycles. The van der Waals surface area contributed by atoms with Crippen molar-refractivity contribution in [2.75, 3.05) is 12.8 Å². The van der Waals surface area contributed by atoms with Crippen LogP contribution in [0.15, 0.2) is 59.1 Å². The van der Waals surface area contributed by atoms with Gasteiger partial charge in [0.15, 0.2) is 0 Å². The van der Waals surface area contributed by atoms with Gasteiger partial charge in [-0.1, -0.05) is 40.2 Å². The lowest BCUT2D eigenvalue weighted by atomic mass is 9.98. The van der Waals surface area contributed by atoms with Gasteiger partial charge in [-0.2, -0.15) is 5.26 Å². The van der Waals surface area contributed by atoms with Crippen molar-refractivity contribution in [1.82, 2.24) is 4.98 Å². The number of methoxy groups -OCH3 is 1. The number of pyridine rings is 1. The summed E-state index contributed by atoms with van der Waals surface area (Å²) < 4.78 is 6.37. The SMILES string of the molecule is COc1ccccc1-c1cc(-c2ccc(Br)cc2)c(C#N)c(N)n1. The van der Waals surface area contributed by atoms with Crippen LogP contribution in [0.4, 0.5) is 5.82 Å². The van der Waals surface area contributed by atoms with E-state index in [9.17, 15) is 5.26 Å². The minimum atomic E-state index is 0.207. The van der Waals surface area contributed by atoms with E-state index in [0.29, 0.717) is 17.0 Å². The number of anilines is 1. The number of nitriles is 1. The summed E-state index contributed by atoms with van der Waals surface area (Å²) in [6, 6.07) is 19.3. The van der Waals surface area contributed by atoms with E-state index >= 15 is 0 Å². The average molecular weight is 380 g/mol. The summed E-state index contributed by atoms with van der Waals surface area (Å²) in [6.45, 7) is 0. The molecule has 0 amide bonds. The number of nitrogen functional groups attached to an aromatic ring is 1. The maximum absolute atomic E-state index is 9.47. The van der Waals surface area contributed by atoms with E-state index in [1.807, 2.05) is 54.6 Å². The highest BCUT2D eigenvalue weighted by Crippen LogP contribution is 2.35. The van der Waals surface area contributed by atoms with Crippen molar-refractivity contribution in [2.24, 2.45) is 0 Å². The molecule has 4 nitrogen and oxygen atoms in total. The molecule has 2 aromatic carbocycles. The number of hydrogen-bond acceptors (Lipinski definition) is 4. The lowest BCUT2D eigenvalue weighted by molar-refractivity contribution is 0.416. The van der Waals surface area contributed by atoms with Crippen LogP contribution in [-0.4, -0.2) is 12.1 Å². The average Bonchev–Trinajstić information content (AvgIpc) is 2.61. The van der Waals surface area contributed by atoms with Crippen LogP contribution in [0.5, 0.6) is 5.75 Å². The van der Waals surface area contributed by atoms with Crippen LogP contribution in [0, 0.1) is 11.3 Å². The van der Waals surface area contributed by atoms with Gasteiger partial charge in [-0.3, -0.25) is 0 Å². The molecule has 118 valence electrons. The van der Waals surface area contributed by atoms with Crippen molar-refractivity contribution in [1.29, 1.82) is 5.26 Å². The Morgan fingerprint density at radius 1 is 1.08 bits per heavy atom. The highest BCUT2D eigenvalue weighted by atomic mass is 79.9. The second-order valence-electron chi connectivity index (χ2n) is 5.13. The number of halogens is 1. The van der Waals surface area contributed by atoms with Gasteiger partial charge in [-0.05, 0) is 35.9 Å². The predicted molar refractivity (Wildman–Crippen MR) is 98.5 cm³/mol. The Bertz CT molecular complexity index is 930. The number of para-hydroxylation sites is 1. The molecule has 0 aliphatic heterocycles. The van der Waals surface area contributed by atoms with Crippen molar-refractivity contribution >= 4 is 21.7 Å². The smallest absolute Gasteiger partial charge is 0.142 e. The van der Waals surface area contributed by atoms with E-state index in [-0.39, 0.29) is 5.82 Å². The molecule has 24 heavy (non-hydrogen) atoms. The Hall–Kier alpha value is -2.84. The van der Waals surface area contributed by atoms with Crippen LogP contribution in [0.1, 0.15) is 5.56 Å². The standard InChI is InChI=1S/C19H14BrN3O/c1-24-18-5-3-2-4-14(18)17-10-15(16(11-21)19(22)23-17)12-6-8-13(20)9-7-12/h2-10H,1H3,(H2,22,23). The third-order valence-corrected chi connectivity index (χ3v) is 4.23. The van der Waals surface area contributed by atoms with E-state index in [1.54, 1.807) is 7.11 Å². The molecule has 0 saturated carbocycles. The molecule has 0 spiro atoms. The van der Waals surface area contributed by atoms with Crippen LogP contribution in [0.25, 0.3) is 22.4 Å². The van der Waals surface area contributed by atoms with Crippen molar-refractivity contribution in [3.8, 4) is 34.2 Å². The number of nitrogens with two attached hydrogens (primary N) is 1. The van der Waals surface area contributed by atoms with E-state index in [0.717, 1.165) is 21.2 Å². The van der Waals surface area contributed by atoms with E-state index < -0.39 is 0 Å². The molecular formula is C19H14BrN3O. The quantitative estimate of drug-likeness (QED) is 0.719. The fourth-order valence-corrected chi connectivity index (χ4v) is 2.80. The molecule has 3 rings (SSSR count). The third-order valence-electron chi connectivity index (χ3n) is 3.70. The summed E-state index contributed by atoms with van der Waals surface area (Å²) in [6.07, 6.45) is 0. The lowest BCUT2D eigenvalue weighted by Gasteiger charge is -2.12. The van der Waals surface area contributed by atoms with Crippen LogP contribution >= 0.6 is 15.9 Å². The van der Waals surface area contributed by atoms with Gasteiger partial charge in [-0.25, -0.2) is 4.98 Å². The van der Waals surface area contributed by atoms with Gasteiger partial charge in [0.05, 0.1) is 12.8 Å². The molecule has 2 N–H and O–H groups in total. The summed E-state index contributed by atoms with van der Waals surface area (Å²) in [5.41, 5.74) is 9.56. The first-order valence-corrected chi connectivity index (χ1v) is 8.03. The summed E-state index contributed by atoms with van der Waals surface area (Å²) in [4.78, 5) is 4.39. The fourth-order valence-electron chi connectivity index (χ4n) is 2.53. The first-order chi connectivity index (χ1) is 11.6. The first kappa shape index (κ1) is 16.0. The lowest BCUT2D eigenvalue weighted by Crippen LogP contribution is -2.00. The maximum atomic E-state index is 9.47. The van der Waals surface area contributed by atoms with Crippen LogP contribution in [0.2, 0.25) is 0 Å². The van der Waals surface area contributed by atoms with Gasteiger partial charge in [-0.15, -0.1) is 0 Å². The largest absolute Gasteiger partial charge is 0.496 e. The Labute approximate surface area is 148 Å². The summed E-state index contributed by atoms with van der Waals surface area (Å²) in [7, 11) is 1.61. The molecule has 1 aromatic heterocycles. The zero-order valence-corrected chi connectivity index (χ0v) is 14.5. The van der Waals surface area contributed by atoms with Crippen molar-refractivity contribution in [3.63, 3.8) is 0 Å². The molecule has 0 aliphatic rings. The Morgan fingerprint density at radius 2 is 1.79 bits per heavy atom. The summed E-state index contributed by atoms with van der Waals surface area (Å²) in [5.74, 6) is 0.912. The van der Waals surface area contributed by atoms with Gasteiger partial charge in [0, 0.05) is 15.6 Å². The Morgan fingerprint density at radius 3 is 2.46 bits per heavy atom. The van der Waals surface area contributed by atoms with E-state index in [1.165, 1.54) is 0 Å². The second kappa shape index (κ2) is 6.73. The minimum Gasteiger partial charge on any atom is -0.496 e. The molecule has 1 heterocycles. The highest BCUT2D eigenvalue weighted by molar-refractivity contribution is 9.10. The zero-order chi connectivity index (χ0) is 17.1. The maximum Gasteiger partial charge on any atom is 0.142 e. The van der Waals surface area contributed by atoms with E-state index in [2.05, 4.69) is 27.0 Å². The number of rotatable bonds is 3. The third kappa shape index (κ3) is 2.97. The molecule has 0 atom stereocenters. The molecule has 0 radical (unpaired) electrons. The molecule has 5 heteroatoms. The van der Waals surface area contributed by atoms with Gasteiger partial charge in [0.25, 0.3) is 0 Å². The molecular weight excluding hydrogens is 366 g/mol. The van der Waals surface area contributed by atoms with Crippen molar-refractivity contribution in [3.05, 3.63) is 64.6 Å². The van der Waals surface area contributed by atoms with Crippen molar-refractivity contribution < 1.29 is 4.74 Å². The number of benzene rings is 2. The van der Waals surface area contributed by atoms with Crippen LogP contribution in [-0.2, 0) is 0 Å². The summed E-state index contributed by atoms with van der Waals surface area (Å²) in [5, 5.41) is 9.47. The predicted octanol–water partition coefficient (Wildman–Crippen LogP) is 4.64. The normalized spacial score (nSPS) is 10.2. The Kier molecular flexibility index (Phi) is 4.50. The van der Waals surface area contributed by atoms with Gasteiger partial charge < -0.3 is 10.5 Å². The van der Waals surface area contributed by atoms with Crippen LogP contribution < -0.4 is 10.5 Å². The van der Waals surface area contributed by atoms with Crippen LogP contribution in [0.3, 0.4) is 0 Å². The zero-order valence-electron chi connectivity index (χ0n) is 13.0. The minimum absolute atomic E-state index is 0.207. The number of nitrogens with zero attached hydrogens (tertiary/aromatic N) is 2. The molecule has 0 aliphatic carbocycles. The van der Waals surface area contributed by atoms with Gasteiger partial charge in [0.2, 0.25) is 0 Å². The topological polar surface area (TPSA) is 71.9 Å². The highest BCUT2D eigenvalue weighted by Gasteiger charge is 2.15. The monoisotopic (exact) mass is 379 g/mol. The second-order valence-corrected chi connectivity index (χ2v) is 6.05. The molecule has 0 bridgehead atoms. The number of ether oxygens (including phenoxy) is 1. The number of hydrogen-bond donors (Lipinski definition) is 1. The fraction of sp³-hybridized carbons (Fsp3) is 0.0526. The first-order valence-electron chi connectivity index (χ1n) is 7.24. The summed E-state index contributed by atoms with van der Waals surface area (Å²) >= 11 is 3.42. The molecule has 3 aromatic rings. The Balaban J connectivity index is 2.24. The number of aromatic nitrogens is 1. The van der Waals surface area contributed by atoms with Gasteiger partial charge in [0.1, 0.15) is 23.2 Å². The van der Waals surface area contributed by atoms with E-state index in [4.69, 9.17) is 10.5 Å². The molecule has 0 unspecified atom stereocenters.